The fourth-order valence-electron chi connectivity index (χ4n) is 2.03. The van der Waals surface area contributed by atoms with Crippen molar-refractivity contribution in [3.8, 4) is 0 Å². The molecule has 0 bridgehead atoms. The van der Waals surface area contributed by atoms with Crippen LogP contribution in [0.15, 0.2) is 44.4 Å². The smallest absolute Gasteiger partial charge is 0.266 e. The zero-order valence-electron chi connectivity index (χ0n) is 12.8. The molecule has 0 saturated carbocycles. The molecule has 0 spiro atoms. The first kappa shape index (κ1) is 17.0. The van der Waals surface area contributed by atoms with E-state index in [4.69, 9.17) is 11.6 Å². The number of anilines is 1. The third kappa shape index (κ3) is 3.33. The minimum absolute atomic E-state index is 0.156. The second-order valence-corrected chi connectivity index (χ2v) is 7.56. The third-order valence-electron chi connectivity index (χ3n) is 3.34. The van der Waals surface area contributed by atoms with Crippen molar-refractivity contribution in [3.63, 3.8) is 0 Å². The van der Waals surface area contributed by atoms with Gasteiger partial charge in [-0.05, 0) is 22.9 Å². The van der Waals surface area contributed by atoms with Gasteiger partial charge in [-0.2, -0.15) is 10.2 Å². The Hall–Kier alpha value is -1.84. The fraction of sp³-hybridized carbons (Fsp3) is 0.214. The molecule has 0 N–H and O–H groups in total. The van der Waals surface area contributed by atoms with Crippen molar-refractivity contribution in [2.24, 2.45) is 17.3 Å². The Morgan fingerprint density at radius 3 is 2.88 bits per heavy atom. The molecule has 24 heavy (non-hydrogen) atoms. The van der Waals surface area contributed by atoms with E-state index < -0.39 is 0 Å². The number of fused-ring (bicyclic) bond motifs is 1. The molecule has 10 heteroatoms. The van der Waals surface area contributed by atoms with Gasteiger partial charge >= 0.3 is 0 Å². The maximum Gasteiger partial charge on any atom is 0.282 e. The average Bonchev–Trinajstić information content (AvgIpc) is 2.57. The number of hydrogen-bond acceptors (Lipinski definition) is 8. The second-order valence-electron chi connectivity index (χ2n) is 4.93. The molecule has 7 nitrogen and oxygen atoms in total. The molecule has 1 aliphatic rings. The van der Waals surface area contributed by atoms with Crippen LogP contribution in [0.2, 0.25) is 5.02 Å². The molecule has 3 rings (SSSR count). The zero-order chi connectivity index (χ0) is 17.3. The molecule has 0 atom stereocenters. The van der Waals surface area contributed by atoms with Gasteiger partial charge in [0.2, 0.25) is 0 Å². The lowest BCUT2D eigenvalue weighted by Gasteiger charge is -2.22. The highest BCUT2D eigenvalue weighted by Crippen LogP contribution is 2.37. The molecule has 0 saturated heterocycles. The Morgan fingerprint density at radius 1 is 1.38 bits per heavy atom. The summed E-state index contributed by atoms with van der Waals surface area (Å²) in [5, 5.41) is 13.4. The van der Waals surface area contributed by atoms with E-state index in [1.807, 2.05) is 0 Å². The quantitative estimate of drug-likeness (QED) is 0.756. The summed E-state index contributed by atoms with van der Waals surface area (Å²) in [5.74, 6) is 0.568. The molecule has 0 amide bonds. The minimum atomic E-state index is -0.156. The summed E-state index contributed by atoms with van der Waals surface area (Å²) in [6.45, 7) is 0. The molecule has 0 unspecified atom stereocenters. The van der Waals surface area contributed by atoms with Gasteiger partial charge in [0.25, 0.3) is 5.56 Å². The fourth-order valence-corrected chi connectivity index (χ4v) is 4.57. The first-order valence-corrected chi connectivity index (χ1v) is 8.98. The van der Waals surface area contributed by atoms with Gasteiger partial charge in [0, 0.05) is 24.9 Å². The van der Waals surface area contributed by atoms with Crippen molar-refractivity contribution >= 4 is 50.9 Å². The van der Waals surface area contributed by atoms with Crippen LogP contribution < -0.4 is 10.6 Å². The normalized spacial score (nSPS) is 13.5. The maximum atomic E-state index is 12.2. The summed E-state index contributed by atoms with van der Waals surface area (Å²) in [6, 6.07) is 4.91. The van der Waals surface area contributed by atoms with Crippen molar-refractivity contribution in [1.82, 2.24) is 9.78 Å². The van der Waals surface area contributed by atoms with Gasteiger partial charge in [0.15, 0.2) is 4.38 Å². The van der Waals surface area contributed by atoms with Gasteiger partial charge in [0.05, 0.1) is 11.9 Å². The number of halogens is 1. The Labute approximate surface area is 151 Å². The lowest BCUT2D eigenvalue weighted by molar-refractivity contribution is 0.684. The molecule has 1 aliphatic heterocycles. The molecule has 1 aromatic heterocycles. The molecule has 2 heterocycles. The molecule has 0 radical (unpaired) electrons. The largest absolute Gasteiger partial charge is 0.282 e. The highest BCUT2D eigenvalue weighted by molar-refractivity contribution is 8.38. The molecule has 1 aromatic carbocycles. The lowest BCUT2D eigenvalue weighted by atomic mass is 10.2. The van der Waals surface area contributed by atoms with Gasteiger partial charge in [-0.1, -0.05) is 41.2 Å². The van der Waals surface area contributed by atoms with Crippen LogP contribution in [0.3, 0.4) is 0 Å². The van der Waals surface area contributed by atoms with Crippen LogP contribution in [0.5, 0.6) is 0 Å². The van der Waals surface area contributed by atoms with Crippen LogP contribution in [0.25, 0.3) is 0 Å². The predicted molar refractivity (Wildman–Crippen MR) is 99.4 cm³/mol. The minimum Gasteiger partial charge on any atom is -0.266 e. The Bertz CT molecular complexity index is 899. The number of nitrogens with zero attached hydrogens (tertiary/aromatic N) is 5. The number of hydrazone groups is 1. The highest BCUT2D eigenvalue weighted by Gasteiger charge is 2.22. The van der Waals surface area contributed by atoms with Crippen LogP contribution in [-0.2, 0) is 12.8 Å². The van der Waals surface area contributed by atoms with Crippen LogP contribution in [-0.4, -0.2) is 21.2 Å². The monoisotopic (exact) mass is 381 g/mol. The predicted octanol–water partition coefficient (Wildman–Crippen LogP) is 3.58. The molecule has 0 fully saturated rings. The van der Waals surface area contributed by atoms with Gasteiger partial charge in [-0.25, -0.2) is 4.68 Å². The van der Waals surface area contributed by atoms with E-state index in [0.717, 1.165) is 9.94 Å². The SMILES string of the molecule is CN1N=C(SCc2ccc(N=O)cc2Cl)Sc2c1cnn(C)c2=O. The van der Waals surface area contributed by atoms with Crippen molar-refractivity contribution in [3.05, 3.63) is 50.2 Å². The number of rotatable bonds is 3. The molecule has 124 valence electrons. The topological polar surface area (TPSA) is 79.9 Å². The standard InChI is InChI=1S/C14H12ClN5O2S2/c1-19-11-6-16-20(2)13(21)12(11)24-14(17-19)23-7-8-3-4-9(18-22)5-10(8)15/h3-6H,7H2,1-2H3. The van der Waals surface area contributed by atoms with Crippen LogP contribution in [0.4, 0.5) is 11.4 Å². The first-order valence-electron chi connectivity index (χ1n) is 6.80. The number of nitroso groups, excluding NO2 is 1. The Balaban J connectivity index is 1.78. The lowest BCUT2D eigenvalue weighted by Crippen LogP contribution is -2.27. The van der Waals surface area contributed by atoms with Crippen molar-refractivity contribution in [2.45, 2.75) is 10.6 Å². The van der Waals surface area contributed by atoms with E-state index in [2.05, 4.69) is 15.4 Å². The maximum absolute atomic E-state index is 12.2. The number of thioether (sulfide) groups is 2. The first-order chi connectivity index (χ1) is 11.5. The third-order valence-corrected chi connectivity index (χ3v) is 5.92. The summed E-state index contributed by atoms with van der Waals surface area (Å²) in [7, 11) is 3.39. The van der Waals surface area contributed by atoms with Crippen molar-refractivity contribution < 1.29 is 0 Å². The number of aryl methyl sites for hydroxylation is 1. The summed E-state index contributed by atoms with van der Waals surface area (Å²) in [4.78, 5) is 23.3. The molecule has 0 aliphatic carbocycles. The van der Waals surface area contributed by atoms with E-state index in [-0.39, 0.29) is 5.56 Å². The van der Waals surface area contributed by atoms with E-state index in [0.29, 0.717) is 27.0 Å². The molecule has 2 aromatic rings. The summed E-state index contributed by atoms with van der Waals surface area (Å²) < 4.78 is 2.04. The van der Waals surface area contributed by atoms with Crippen molar-refractivity contribution in [2.75, 3.05) is 12.1 Å². The molecular formula is C14H12ClN5O2S2. The average molecular weight is 382 g/mol. The highest BCUT2D eigenvalue weighted by atomic mass is 35.5. The number of hydrogen-bond donors (Lipinski definition) is 0. The van der Waals surface area contributed by atoms with E-state index in [9.17, 15) is 9.70 Å². The van der Waals surface area contributed by atoms with Crippen LogP contribution in [0.1, 0.15) is 5.56 Å². The van der Waals surface area contributed by atoms with Gasteiger partial charge < -0.3 is 0 Å². The molecular weight excluding hydrogens is 370 g/mol. The summed E-state index contributed by atoms with van der Waals surface area (Å²) >= 11 is 8.94. The summed E-state index contributed by atoms with van der Waals surface area (Å²) in [5.41, 5.74) is 1.69. The Morgan fingerprint density at radius 2 is 2.17 bits per heavy atom. The van der Waals surface area contributed by atoms with Crippen molar-refractivity contribution in [1.29, 1.82) is 0 Å². The van der Waals surface area contributed by atoms with Crippen LogP contribution >= 0.6 is 35.1 Å². The number of aromatic nitrogens is 2. The van der Waals surface area contributed by atoms with Gasteiger partial charge in [-0.15, -0.1) is 4.91 Å². The van der Waals surface area contributed by atoms with E-state index >= 15 is 0 Å². The van der Waals surface area contributed by atoms with Gasteiger partial charge in [-0.3, -0.25) is 9.80 Å². The second kappa shape index (κ2) is 6.96. The van der Waals surface area contributed by atoms with Crippen LogP contribution in [0, 0.1) is 4.91 Å². The zero-order valence-corrected chi connectivity index (χ0v) is 15.2. The Kier molecular flexibility index (Phi) is 4.93. The number of benzene rings is 1. The summed E-state index contributed by atoms with van der Waals surface area (Å²) in [6.07, 6.45) is 1.62. The van der Waals surface area contributed by atoms with Gasteiger partial charge in [0.1, 0.15) is 10.6 Å². The van der Waals surface area contributed by atoms with E-state index in [1.165, 1.54) is 34.3 Å². The van der Waals surface area contributed by atoms with E-state index in [1.54, 1.807) is 37.4 Å².